The predicted molar refractivity (Wildman–Crippen MR) is 130 cm³/mol. The average molecular weight is 507 g/mol. The van der Waals surface area contributed by atoms with Crippen molar-refractivity contribution in [2.75, 3.05) is 56.1 Å². The largest absolute Gasteiger partial charge is 0.366 e. The summed E-state index contributed by atoms with van der Waals surface area (Å²) in [7, 11) is 1.87. The van der Waals surface area contributed by atoms with Crippen molar-refractivity contribution in [3.8, 4) is 0 Å². The minimum absolute atomic E-state index is 0. The van der Waals surface area contributed by atoms with E-state index in [0.717, 1.165) is 57.6 Å². The number of benzene rings is 1. The Hall–Kier alpha value is -2.10. The Bertz CT molecular complexity index is 806. The number of hydrogen-bond donors (Lipinski definition) is 1. The molecule has 1 fully saturated rings. The second-order valence-electron chi connectivity index (χ2n) is 7.37. The van der Waals surface area contributed by atoms with Crippen molar-refractivity contribution in [2.24, 2.45) is 4.99 Å². The molecule has 29 heavy (non-hydrogen) atoms. The van der Waals surface area contributed by atoms with Gasteiger partial charge in [-0.2, -0.15) is 0 Å². The maximum atomic E-state index is 4.52. The van der Waals surface area contributed by atoms with Gasteiger partial charge in [-0.3, -0.25) is 4.99 Å². The number of halogens is 1. The fourth-order valence-electron chi connectivity index (χ4n) is 4.08. The summed E-state index contributed by atoms with van der Waals surface area (Å²) in [5.41, 5.74) is 2.83. The molecule has 1 unspecified atom stereocenters. The number of aromatic nitrogens is 2. The van der Waals surface area contributed by atoms with Crippen LogP contribution in [0.5, 0.6) is 0 Å². The van der Waals surface area contributed by atoms with Crippen LogP contribution in [0.2, 0.25) is 0 Å². The summed E-state index contributed by atoms with van der Waals surface area (Å²) in [4.78, 5) is 20.3. The van der Waals surface area contributed by atoms with Crippen molar-refractivity contribution in [3.05, 3.63) is 48.3 Å². The zero-order valence-electron chi connectivity index (χ0n) is 17.2. The first-order valence-electron chi connectivity index (χ1n) is 10.1. The van der Waals surface area contributed by atoms with E-state index in [9.17, 15) is 0 Å². The minimum Gasteiger partial charge on any atom is -0.366 e. The molecule has 0 radical (unpaired) electrons. The summed E-state index contributed by atoms with van der Waals surface area (Å²) in [5, 5.41) is 3.59. The van der Waals surface area contributed by atoms with Crippen LogP contribution < -0.4 is 15.1 Å². The first-order chi connectivity index (χ1) is 13.8. The summed E-state index contributed by atoms with van der Waals surface area (Å²) in [6, 6.07) is 11.0. The number of aliphatic imine (C=N–C) groups is 1. The Morgan fingerprint density at radius 3 is 2.52 bits per heavy atom. The zero-order valence-corrected chi connectivity index (χ0v) is 19.5. The molecule has 0 amide bonds. The van der Waals surface area contributed by atoms with Crippen molar-refractivity contribution in [2.45, 2.75) is 19.4 Å². The number of rotatable bonds is 4. The lowest BCUT2D eigenvalue weighted by Crippen LogP contribution is -2.54. The number of nitrogens with zero attached hydrogens (tertiary/aromatic N) is 6. The van der Waals surface area contributed by atoms with Gasteiger partial charge in [-0.05, 0) is 31.0 Å². The summed E-state index contributed by atoms with van der Waals surface area (Å²) in [6.07, 6.45) is 4.74. The van der Waals surface area contributed by atoms with E-state index in [1.54, 1.807) is 12.4 Å². The number of anilines is 2. The maximum absolute atomic E-state index is 4.52. The highest BCUT2D eigenvalue weighted by molar-refractivity contribution is 14.0. The fourth-order valence-corrected chi connectivity index (χ4v) is 4.08. The van der Waals surface area contributed by atoms with Crippen LogP contribution in [0.15, 0.2) is 47.7 Å². The number of guanidine groups is 1. The van der Waals surface area contributed by atoms with E-state index in [4.69, 9.17) is 0 Å². The summed E-state index contributed by atoms with van der Waals surface area (Å²) in [6.45, 7) is 7.89. The molecule has 7 nitrogen and oxygen atoms in total. The third-order valence-corrected chi connectivity index (χ3v) is 5.64. The van der Waals surface area contributed by atoms with Gasteiger partial charge in [0.2, 0.25) is 5.95 Å². The quantitative estimate of drug-likeness (QED) is 0.389. The molecule has 0 aliphatic carbocycles. The topological polar surface area (TPSA) is 59.9 Å². The van der Waals surface area contributed by atoms with Crippen molar-refractivity contribution < 1.29 is 0 Å². The molecule has 1 N–H and O–H groups in total. The molecule has 3 heterocycles. The highest BCUT2D eigenvalue weighted by Gasteiger charge is 2.25. The summed E-state index contributed by atoms with van der Waals surface area (Å²) >= 11 is 0. The number of nitrogens with one attached hydrogen (secondary N) is 1. The minimum atomic E-state index is 0. The SMILES string of the molecule is CN=C(NCC(C)N1CCc2ccccc21)N1CCN(c2ncccn2)CC1.I. The van der Waals surface area contributed by atoms with Gasteiger partial charge in [-0.15, -0.1) is 24.0 Å². The molecular formula is C21H30IN7. The molecule has 0 saturated carbocycles. The van der Waals surface area contributed by atoms with Crippen molar-refractivity contribution in [1.29, 1.82) is 0 Å². The van der Waals surface area contributed by atoms with Gasteiger partial charge in [0, 0.05) is 70.4 Å². The van der Waals surface area contributed by atoms with Crippen LogP contribution in [0.4, 0.5) is 11.6 Å². The summed E-state index contributed by atoms with van der Waals surface area (Å²) in [5.74, 6) is 1.79. The van der Waals surface area contributed by atoms with Gasteiger partial charge in [0.25, 0.3) is 0 Å². The monoisotopic (exact) mass is 507 g/mol. The first kappa shape index (κ1) is 21.6. The second-order valence-corrected chi connectivity index (χ2v) is 7.37. The normalized spacial score (nSPS) is 17.6. The van der Waals surface area contributed by atoms with Crippen LogP contribution in [-0.2, 0) is 6.42 Å². The van der Waals surface area contributed by atoms with Gasteiger partial charge in [-0.1, -0.05) is 18.2 Å². The molecule has 8 heteroatoms. The van der Waals surface area contributed by atoms with E-state index in [1.807, 2.05) is 13.1 Å². The van der Waals surface area contributed by atoms with E-state index >= 15 is 0 Å². The van der Waals surface area contributed by atoms with Gasteiger partial charge in [0.05, 0.1) is 0 Å². The Labute approximate surface area is 190 Å². The Morgan fingerprint density at radius 2 is 1.79 bits per heavy atom. The average Bonchev–Trinajstić information content (AvgIpc) is 3.19. The molecule has 0 spiro atoms. The number of para-hydroxylation sites is 1. The molecule has 1 atom stereocenters. The highest BCUT2D eigenvalue weighted by Crippen LogP contribution is 2.28. The summed E-state index contributed by atoms with van der Waals surface area (Å²) < 4.78 is 0. The van der Waals surface area contributed by atoms with Crippen molar-refractivity contribution >= 4 is 41.6 Å². The standard InChI is InChI=1S/C21H29N7.HI/c1-17(28-11-8-18-6-3-4-7-19(18)28)16-25-20(22-2)26-12-14-27(15-13-26)21-23-9-5-10-24-21;/h3-7,9-10,17H,8,11-16H2,1-2H3,(H,22,25);1H. The predicted octanol–water partition coefficient (Wildman–Crippen LogP) is 2.24. The van der Waals surface area contributed by atoms with Crippen LogP contribution in [0.3, 0.4) is 0 Å². The molecular weight excluding hydrogens is 477 g/mol. The molecule has 4 rings (SSSR count). The van der Waals surface area contributed by atoms with Gasteiger partial charge in [0.15, 0.2) is 5.96 Å². The van der Waals surface area contributed by atoms with E-state index < -0.39 is 0 Å². The third-order valence-electron chi connectivity index (χ3n) is 5.64. The van der Waals surface area contributed by atoms with Crippen LogP contribution in [0.1, 0.15) is 12.5 Å². The molecule has 2 aromatic rings. The molecule has 0 bridgehead atoms. The molecule has 1 aromatic carbocycles. The highest BCUT2D eigenvalue weighted by atomic mass is 127. The number of hydrogen-bond acceptors (Lipinski definition) is 5. The number of fused-ring (bicyclic) bond motifs is 1. The van der Waals surface area contributed by atoms with Crippen molar-refractivity contribution in [1.82, 2.24) is 20.2 Å². The van der Waals surface area contributed by atoms with Gasteiger partial charge in [-0.25, -0.2) is 9.97 Å². The van der Waals surface area contributed by atoms with Gasteiger partial charge in [0.1, 0.15) is 0 Å². The Morgan fingerprint density at radius 1 is 1.07 bits per heavy atom. The van der Waals surface area contributed by atoms with E-state index in [-0.39, 0.29) is 24.0 Å². The second kappa shape index (κ2) is 10.1. The van der Waals surface area contributed by atoms with E-state index in [2.05, 4.69) is 66.2 Å². The molecule has 156 valence electrons. The maximum Gasteiger partial charge on any atom is 0.225 e. The number of piperazine rings is 1. The van der Waals surface area contributed by atoms with Crippen LogP contribution in [0, 0.1) is 0 Å². The molecule has 1 saturated heterocycles. The fraction of sp³-hybridized carbons (Fsp3) is 0.476. The zero-order chi connectivity index (χ0) is 19.3. The smallest absolute Gasteiger partial charge is 0.225 e. The van der Waals surface area contributed by atoms with Gasteiger partial charge >= 0.3 is 0 Å². The molecule has 1 aromatic heterocycles. The Kier molecular flexibility index (Phi) is 7.51. The lowest BCUT2D eigenvalue weighted by atomic mass is 10.2. The molecule has 2 aliphatic heterocycles. The van der Waals surface area contributed by atoms with E-state index in [1.165, 1.54) is 11.3 Å². The van der Waals surface area contributed by atoms with E-state index in [0.29, 0.717) is 6.04 Å². The van der Waals surface area contributed by atoms with Gasteiger partial charge < -0.3 is 20.0 Å². The van der Waals surface area contributed by atoms with Crippen LogP contribution in [-0.4, -0.2) is 73.2 Å². The molecule has 2 aliphatic rings. The first-order valence-corrected chi connectivity index (χ1v) is 10.1. The Balaban J connectivity index is 0.00000240. The lowest BCUT2D eigenvalue weighted by Gasteiger charge is -2.37. The van der Waals surface area contributed by atoms with Crippen LogP contribution in [0.25, 0.3) is 0 Å². The van der Waals surface area contributed by atoms with Crippen LogP contribution >= 0.6 is 24.0 Å². The lowest BCUT2D eigenvalue weighted by molar-refractivity contribution is 0.369. The van der Waals surface area contributed by atoms with Crippen molar-refractivity contribution in [3.63, 3.8) is 0 Å². The third kappa shape index (κ3) is 4.91.